The maximum atomic E-state index is 13.1. The summed E-state index contributed by atoms with van der Waals surface area (Å²) in [6, 6.07) is 14.2. The number of nitrogens with zero attached hydrogens (tertiary/aromatic N) is 3. The van der Waals surface area contributed by atoms with Crippen LogP contribution in [-0.2, 0) is 20.9 Å². The highest BCUT2D eigenvalue weighted by molar-refractivity contribution is 7.80. The van der Waals surface area contributed by atoms with Crippen LogP contribution in [0.25, 0.3) is 0 Å². The molecule has 2 aliphatic rings. The molecule has 3 amide bonds. The number of anilines is 2. The van der Waals surface area contributed by atoms with Gasteiger partial charge in [-0.25, -0.2) is 0 Å². The summed E-state index contributed by atoms with van der Waals surface area (Å²) in [5, 5.41) is 3.29. The first-order valence-corrected chi connectivity index (χ1v) is 12.4. The van der Waals surface area contributed by atoms with E-state index >= 15 is 0 Å². The van der Waals surface area contributed by atoms with Gasteiger partial charge in [0.05, 0.1) is 13.0 Å². The number of carbonyl (C=O) groups is 3. The summed E-state index contributed by atoms with van der Waals surface area (Å²) in [6.45, 7) is 5.93. The number of rotatable bonds is 9. The fourth-order valence-corrected chi connectivity index (χ4v) is 4.86. The zero-order valence-electron chi connectivity index (χ0n) is 20.0. The van der Waals surface area contributed by atoms with Crippen LogP contribution in [-0.4, -0.2) is 58.4 Å². The van der Waals surface area contributed by atoms with Crippen molar-refractivity contribution in [1.82, 2.24) is 9.80 Å². The van der Waals surface area contributed by atoms with E-state index in [1.165, 1.54) is 0 Å². The van der Waals surface area contributed by atoms with Crippen LogP contribution < -0.4 is 15.0 Å². The minimum Gasteiger partial charge on any atom is -0.494 e. The van der Waals surface area contributed by atoms with E-state index < -0.39 is 6.04 Å². The van der Waals surface area contributed by atoms with Crippen molar-refractivity contribution in [3.05, 3.63) is 54.1 Å². The fraction of sp³-hybridized carbons (Fsp3) is 0.385. The van der Waals surface area contributed by atoms with E-state index in [1.54, 1.807) is 34.1 Å². The second kappa shape index (κ2) is 10.9. The molecule has 184 valence electrons. The van der Waals surface area contributed by atoms with Gasteiger partial charge in [0.15, 0.2) is 5.11 Å². The first-order valence-electron chi connectivity index (χ1n) is 11.9. The Morgan fingerprint density at radius 3 is 2.40 bits per heavy atom. The minimum atomic E-state index is -0.676. The van der Waals surface area contributed by atoms with Gasteiger partial charge in [-0.1, -0.05) is 12.1 Å². The second-order valence-electron chi connectivity index (χ2n) is 8.53. The summed E-state index contributed by atoms with van der Waals surface area (Å²) >= 11 is 5.60. The molecular formula is C26H30N4O4S. The topological polar surface area (TPSA) is 82.2 Å². The van der Waals surface area contributed by atoms with Crippen LogP contribution >= 0.6 is 12.2 Å². The highest BCUT2D eigenvalue weighted by Crippen LogP contribution is 2.26. The average Bonchev–Trinajstić information content (AvgIpc) is 3.37. The molecule has 0 aliphatic carbocycles. The molecule has 9 heteroatoms. The van der Waals surface area contributed by atoms with Crippen molar-refractivity contribution in [3.63, 3.8) is 0 Å². The zero-order chi connectivity index (χ0) is 24.9. The Balaban J connectivity index is 1.45. The van der Waals surface area contributed by atoms with Gasteiger partial charge in [-0.15, -0.1) is 0 Å². The Morgan fingerprint density at radius 2 is 1.80 bits per heavy atom. The van der Waals surface area contributed by atoms with Gasteiger partial charge in [-0.3, -0.25) is 19.3 Å². The summed E-state index contributed by atoms with van der Waals surface area (Å²) < 4.78 is 5.43. The van der Waals surface area contributed by atoms with Crippen LogP contribution in [0.3, 0.4) is 0 Å². The quantitative estimate of drug-likeness (QED) is 0.537. The third-order valence-corrected chi connectivity index (χ3v) is 6.68. The standard InChI is InChI=1S/C26H30N4O4S/c1-3-28-25(33)22(16-23(31)27-19-9-13-21(14-10-19)34-4-2)30(26(28)35)17-18-7-11-20(12-8-18)29-15-5-6-24(29)32/h7-14,22H,3-6,15-17H2,1-2H3,(H,27,31)/t22-/m1/s1. The molecule has 1 N–H and O–H groups in total. The number of hydrogen-bond donors (Lipinski definition) is 1. The van der Waals surface area contributed by atoms with Crippen LogP contribution in [0.5, 0.6) is 5.75 Å². The number of nitrogens with one attached hydrogen (secondary N) is 1. The van der Waals surface area contributed by atoms with Crippen molar-refractivity contribution in [2.45, 2.75) is 45.7 Å². The van der Waals surface area contributed by atoms with Gasteiger partial charge in [0.25, 0.3) is 5.91 Å². The molecule has 1 atom stereocenters. The third kappa shape index (κ3) is 5.45. The lowest BCUT2D eigenvalue weighted by Gasteiger charge is -2.24. The number of ether oxygens (including phenoxy) is 1. The molecule has 2 heterocycles. The Bertz CT molecular complexity index is 1100. The van der Waals surface area contributed by atoms with Gasteiger partial charge in [0.2, 0.25) is 11.8 Å². The Labute approximate surface area is 210 Å². The molecular weight excluding hydrogens is 464 g/mol. The molecule has 2 fully saturated rings. The van der Waals surface area contributed by atoms with Crippen molar-refractivity contribution >= 4 is 46.4 Å². The molecule has 35 heavy (non-hydrogen) atoms. The van der Waals surface area contributed by atoms with E-state index in [9.17, 15) is 14.4 Å². The minimum absolute atomic E-state index is 0.0109. The summed E-state index contributed by atoms with van der Waals surface area (Å²) in [7, 11) is 0. The molecule has 0 aromatic heterocycles. The Morgan fingerprint density at radius 1 is 1.09 bits per heavy atom. The highest BCUT2D eigenvalue weighted by atomic mass is 32.1. The van der Waals surface area contributed by atoms with Crippen LogP contribution in [0.4, 0.5) is 11.4 Å². The van der Waals surface area contributed by atoms with Crippen LogP contribution in [0.2, 0.25) is 0 Å². The molecule has 2 aromatic rings. The number of hydrogen-bond acceptors (Lipinski definition) is 5. The maximum Gasteiger partial charge on any atom is 0.252 e. The molecule has 0 spiro atoms. The second-order valence-corrected chi connectivity index (χ2v) is 8.90. The molecule has 0 saturated carbocycles. The van der Waals surface area contributed by atoms with Gasteiger partial charge in [-0.2, -0.15) is 0 Å². The molecule has 4 rings (SSSR count). The fourth-order valence-electron chi connectivity index (χ4n) is 4.45. The number of carbonyl (C=O) groups excluding carboxylic acids is 3. The largest absolute Gasteiger partial charge is 0.494 e. The number of thiocarbonyl (C=S) groups is 1. The first-order chi connectivity index (χ1) is 16.9. The summed E-state index contributed by atoms with van der Waals surface area (Å²) in [5.41, 5.74) is 2.46. The number of likely N-dealkylation sites (N-methyl/N-ethyl adjacent to an activating group) is 1. The lowest BCUT2D eigenvalue weighted by molar-refractivity contribution is -0.130. The predicted molar refractivity (Wildman–Crippen MR) is 138 cm³/mol. The van der Waals surface area contributed by atoms with E-state index in [0.717, 1.165) is 30.0 Å². The average molecular weight is 495 g/mol. The van der Waals surface area contributed by atoms with Gasteiger partial charge in [0, 0.05) is 37.4 Å². The van der Waals surface area contributed by atoms with Crippen LogP contribution in [0, 0.1) is 0 Å². The lowest BCUT2D eigenvalue weighted by Crippen LogP contribution is -2.37. The van der Waals surface area contributed by atoms with Crippen molar-refractivity contribution in [1.29, 1.82) is 0 Å². The van der Waals surface area contributed by atoms with Crippen molar-refractivity contribution in [2.75, 3.05) is 29.9 Å². The van der Waals surface area contributed by atoms with Gasteiger partial charge < -0.3 is 19.9 Å². The summed E-state index contributed by atoms with van der Waals surface area (Å²) in [4.78, 5) is 43.1. The van der Waals surface area contributed by atoms with Gasteiger partial charge in [0.1, 0.15) is 11.8 Å². The van der Waals surface area contributed by atoms with Crippen molar-refractivity contribution in [2.24, 2.45) is 0 Å². The van der Waals surface area contributed by atoms with Crippen molar-refractivity contribution in [3.8, 4) is 5.75 Å². The monoisotopic (exact) mass is 494 g/mol. The van der Waals surface area contributed by atoms with Gasteiger partial charge >= 0.3 is 0 Å². The molecule has 0 radical (unpaired) electrons. The maximum absolute atomic E-state index is 13.1. The van der Waals surface area contributed by atoms with E-state index in [4.69, 9.17) is 17.0 Å². The highest BCUT2D eigenvalue weighted by Gasteiger charge is 2.42. The number of amides is 3. The predicted octanol–water partition coefficient (Wildman–Crippen LogP) is 3.56. The first kappa shape index (κ1) is 24.7. The molecule has 2 aliphatic heterocycles. The third-order valence-electron chi connectivity index (χ3n) is 6.22. The molecule has 0 unspecified atom stereocenters. The summed E-state index contributed by atoms with van der Waals surface area (Å²) in [6.07, 6.45) is 1.44. The lowest BCUT2D eigenvalue weighted by atomic mass is 10.1. The van der Waals surface area contributed by atoms with Gasteiger partial charge in [-0.05, 0) is 74.4 Å². The van der Waals surface area contributed by atoms with Crippen LogP contribution in [0.15, 0.2) is 48.5 Å². The normalized spacial score (nSPS) is 17.9. The Hall–Kier alpha value is -3.46. The van der Waals surface area contributed by atoms with Crippen molar-refractivity contribution < 1.29 is 19.1 Å². The summed E-state index contributed by atoms with van der Waals surface area (Å²) in [5.74, 6) is 0.438. The SMILES string of the molecule is CCOc1ccc(NC(=O)C[C@@H]2C(=O)N(CC)C(=S)N2Cc2ccc(N3CCCC3=O)cc2)cc1. The van der Waals surface area contributed by atoms with Crippen LogP contribution in [0.1, 0.15) is 38.7 Å². The number of benzene rings is 2. The van der Waals surface area contributed by atoms with E-state index in [-0.39, 0.29) is 24.1 Å². The van der Waals surface area contributed by atoms with E-state index in [2.05, 4.69) is 5.32 Å². The molecule has 2 aromatic carbocycles. The molecule has 8 nitrogen and oxygen atoms in total. The Kier molecular flexibility index (Phi) is 7.65. The smallest absolute Gasteiger partial charge is 0.252 e. The molecule has 2 saturated heterocycles. The molecule has 0 bridgehead atoms. The van der Waals surface area contributed by atoms with E-state index in [0.29, 0.717) is 36.9 Å². The zero-order valence-corrected chi connectivity index (χ0v) is 20.8. The van der Waals surface area contributed by atoms with E-state index in [1.807, 2.05) is 43.0 Å².